The average molecular weight is 575 g/mol. The number of carbonyl (C=O) groups is 1. The molecule has 2 heterocycles. The van der Waals surface area contributed by atoms with Crippen molar-refractivity contribution in [3.8, 4) is 23.0 Å². The first kappa shape index (κ1) is 24.8. The van der Waals surface area contributed by atoms with Crippen molar-refractivity contribution in [1.82, 2.24) is 5.01 Å². The molecule has 0 saturated heterocycles. The SMILES string of the molecule is COc1ccc([C@H]2Oc3ccc(Br)cc3[C@H]3CC(c4ccc(OC(F)F)cc4)=NN32)c(C(=O)O)c1OC. The highest BCUT2D eigenvalue weighted by Gasteiger charge is 2.43. The zero-order valence-corrected chi connectivity index (χ0v) is 21.2. The van der Waals surface area contributed by atoms with Crippen molar-refractivity contribution < 1.29 is 37.6 Å². The maximum absolute atomic E-state index is 12.6. The van der Waals surface area contributed by atoms with E-state index in [0.717, 1.165) is 15.6 Å². The average Bonchev–Trinajstić information content (AvgIpc) is 3.33. The second-order valence-electron chi connectivity index (χ2n) is 8.27. The van der Waals surface area contributed by atoms with E-state index in [1.807, 2.05) is 18.2 Å². The van der Waals surface area contributed by atoms with Crippen LogP contribution in [0, 0.1) is 0 Å². The molecule has 0 aliphatic carbocycles. The van der Waals surface area contributed by atoms with Crippen LogP contribution < -0.4 is 18.9 Å². The molecule has 2 aliphatic rings. The van der Waals surface area contributed by atoms with Gasteiger partial charge in [0.1, 0.15) is 17.1 Å². The van der Waals surface area contributed by atoms with Crippen LogP contribution in [-0.2, 0) is 0 Å². The lowest BCUT2D eigenvalue weighted by atomic mass is 9.95. The molecule has 0 fully saturated rings. The molecular weight excluding hydrogens is 554 g/mol. The number of ether oxygens (including phenoxy) is 4. The molecule has 0 aromatic heterocycles. The first-order valence-electron chi connectivity index (χ1n) is 11.2. The number of carboxylic acid groups (broad SMARTS) is 1. The van der Waals surface area contributed by atoms with E-state index in [0.29, 0.717) is 23.4 Å². The second kappa shape index (κ2) is 9.89. The van der Waals surface area contributed by atoms with Crippen molar-refractivity contribution in [2.75, 3.05) is 14.2 Å². The van der Waals surface area contributed by atoms with Crippen LogP contribution in [0.2, 0.25) is 0 Å². The normalized spacial score (nSPS) is 18.0. The van der Waals surface area contributed by atoms with Gasteiger partial charge in [0.05, 0.1) is 26.0 Å². The van der Waals surface area contributed by atoms with E-state index in [9.17, 15) is 18.7 Å². The molecule has 8 nitrogen and oxygen atoms in total. The highest BCUT2D eigenvalue weighted by atomic mass is 79.9. The molecule has 3 aromatic rings. The van der Waals surface area contributed by atoms with Crippen LogP contribution >= 0.6 is 15.9 Å². The molecule has 2 atom stereocenters. The van der Waals surface area contributed by atoms with Crippen LogP contribution in [0.3, 0.4) is 0 Å². The summed E-state index contributed by atoms with van der Waals surface area (Å²) in [6.07, 6.45) is -0.405. The predicted molar refractivity (Wildman–Crippen MR) is 133 cm³/mol. The van der Waals surface area contributed by atoms with Gasteiger partial charge in [-0.15, -0.1) is 0 Å². The van der Waals surface area contributed by atoms with Gasteiger partial charge in [0, 0.05) is 22.0 Å². The molecule has 0 unspecified atom stereocenters. The summed E-state index contributed by atoms with van der Waals surface area (Å²) >= 11 is 3.51. The third-order valence-electron chi connectivity index (χ3n) is 6.22. The fourth-order valence-corrected chi connectivity index (χ4v) is 5.01. The minimum Gasteiger partial charge on any atom is -0.493 e. The van der Waals surface area contributed by atoms with Crippen molar-refractivity contribution in [3.05, 3.63) is 81.3 Å². The number of hydrogen-bond donors (Lipinski definition) is 1. The maximum Gasteiger partial charge on any atom is 0.387 e. The lowest BCUT2D eigenvalue weighted by molar-refractivity contribution is -0.0498. The molecule has 0 bridgehead atoms. The van der Waals surface area contributed by atoms with Crippen molar-refractivity contribution >= 4 is 27.6 Å². The standard InChI is InChI=1S/C26H21BrF2N2O6/c1-34-21-10-8-16(22(25(32)33)23(21)35-2)24-31-19(17-11-14(27)5-9-20(17)37-24)12-18(30-31)13-3-6-15(7-4-13)36-26(28)29/h3-11,19,24,26H,12H2,1-2H3,(H,32,33)/t19-,24-/m1/s1. The largest absolute Gasteiger partial charge is 0.493 e. The van der Waals surface area contributed by atoms with Gasteiger partial charge < -0.3 is 24.1 Å². The molecule has 37 heavy (non-hydrogen) atoms. The molecule has 0 radical (unpaired) electrons. The zero-order chi connectivity index (χ0) is 26.3. The molecule has 3 aromatic carbocycles. The van der Waals surface area contributed by atoms with Gasteiger partial charge in [0.25, 0.3) is 0 Å². The van der Waals surface area contributed by atoms with Crippen LogP contribution in [0.25, 0.3) is 0 Å². The number of methoxy groups -OCH3 is 2. The van der Waals surface area contributed by atoms with Crippen molar-refractivity contribution in [2.24, 2.45) is 5.10 Å². The number of rotatable bonds is 7. The first-order chi connectivity index (χ1) is 17.8. The highest BCUT2D eigenvalue weighted by molar-refractivity contribution is 9.10. The van der Waals surface area contributed by atoms with E-state index in [4.69, 9.17) is 19.3 Å². The third kappa shape index (κ3) is 4.55. The highest BCUT2D eigenvalue weighted by Crippen LogP contribution is 2.50. The van der Waals surface area contributed by atoms with Gasteiger partial charge in [-0.05, 0) is 60.2 Å². The molecule has 5 rings (SSSR count). The quantitative estimate of drug-likeness (QED) is 0.369. The molecule has 0 spiro atoms. The lowest BCUT2D eigenvalue weighted by Gasteiger charge is -2.38. The molecule has 0 amide bonds. The second-order valence-corrected chi connectivity index (χ2v) is 9.19. The lowest BCUT2D eigenvalue weighted by Crippen LogP contribution is -2.34. The number of nitrogens with zero attached hydrogens (tertiary/aromatic N) is 2. The maximum atomic E-state index is 12.6. The summed E-state index contributed by atoms with van der Waals surface area (Å²) < 4.78 is 47.5. The van der Waals surface area contributed by atoms with Gasteiger partial charge in [-0.1, -0.05) is 15.9 Å². The van der Waals surface area contributed by atoms with E-state index in [1.54, 1.807) is 29.3 Å². The van der Waals surface area contributed by atoms with Gasteiger partial charge in [0.2, 0.25) is 6.23 Å². The van der Waals surface area contributed by atoms with Gasteiger partial charge >= 0.3 is 12.6 Å². The summed E-state index contributed by atoms with van der Waals surface area (Å²) in [6.45, 7) is -2.92. The van der Waals surface area contributed by atoms with E-state index >= 15 is 0 Å². The monoisotopic (exact) mass is 574 g/mol. The van der Waals surface area contributed by atoms with E-state index in [1.165, 1.54) is 26.4 Å². The molecule has 0 saturated carbocycles. The van der Waals surface area contributed by atoms with Gasteiger partial charge in [-0.3, -0.25) is 0 Å². The molecule has 1 N–H and O–H groups in total. The van der Waals surface area contributed by atoms with Gasteiger partial charge in [-0.2, -0.15) is 13.9 Å². The Hall–Kier alpha value is -3.86. The van der Waals surface area contributed by atoms with Crippen LogP contribution in [-0.4, -0.2) is 42.6 Å². The van der Waals surface area contributed by atoms with E-state index in [2.05, 4.69) is 20.7 Å². The Morgan fingerprint density at radius 2 is 1.86 bits per heavy atom. The Bertz CT molecular complexity index is 1380. The molecule has 11 heteroatoms. The van der Waals surface area contributed by atoms with Crippen LogP contribution in [0.15, 0.2) is 64.2 Å². The smallest absolute Gasteiger partial charge is 0.387 e. The van der Waals surface area contributed by atoms with Crippen molar-refractivity contribution in [3.63, 3.8) is 0 Å². The summed E-state index contributed by atoms with van der Waals surface area (Å²) in [4.78, 5) is 12.4. The first-order valence-corrected chi connectivity index (χ1v) is 11.9. The van der Waals surface area contributed by atoms with Crippen molar-refractivity contribution in [2.45, 2.75) is 25.3 Å². The minimum atomic E-state index is -2.92. The number of halogens is 3. The van der Waals surface area contributed by atoms with Gasteiger partial charge in [0.15, 0.2) is 11.5 Å². The zero-order valence-electron chi connectivity index (χ0n) is 19.7. The Morgan fingerprint density at radius 1 is 1.11 bits per heavy atom. The number of hydrogen-bond acceptors (Lipinski definition) is 7. The van der Waals surface area contributed by atoms with Crippen LogP contribution in [0.5, 0.6) is 23.0 Å². The van der Waals surface area contributed by atoms with E-state index < -0.39 is 18.8 Å². The number of hydrazone groups is 1. The fraction of sp³-hybridized carbons (Fsp3) is 0.231. The number of carboxylic acids is 1. The minimum absolute atomic E-state index is 0.0435. The summed E-state index contributed by atoms with van der Waals surface area (Å²) in [7, 11) is 2.80. The Kier molecular flexibility index (Phi) is 6.63. The summed E-state index contributed by atoms with van der Waals surface area (Å²) in [5, 5.41) is 16.6. The number of benzene rings is 3. The molecule has 192 valence electrons. The molecular formula is C26H21BrF2N2O6. The van der Waals surface area contributed by atoms with Crippen LogP contribution in [0.1, 0.15) is 45.7 Å². The number of alkyl halides is 2. The molecule has 2 aliphatic heterocycles. The number of fused-ring (bicyclic) bond motifs is 3. The van der Waals surface area contributed by atoms with Crippen molar-refractivity contribution in [1.29, 1.82) is 0 Å². The third-order valence-corrected chi connectivity index (χ3v) is 6.72. The van der Waals surface area contributed by atoms with E-state index in [-0.39, 0.29) is 28.9 Å². The Morgan fingerprint density at radius 3 is 2.51 bits per heavy atom. The summed E-state index contributed by atoms with van der Waals surface area (Å²) in [6, 6.07) is 14.8. The topological polar surface area (TPSA) is 89.8 Å². The van der Waals surface area contributed by atoms with Crippen LogP contribution in [0.4, 0.5) is 8.78 Å². The summed E-state index contributed by atoms with van der Waals surface area (Å²) in [5.41, 5.74) is 2.53. The predicted octanol–water partition coefficient (Wildman–Crippen LogP) is 6.01. The Labute approximate surface area is 219 Å². The Balaban J connectivity index is 1.61. The fourth-order valence-electron chi connectivity index (χ4n) is 4.64. The van der Waals surface area contributed by atoms with Gasteiger partial charge in [-0.25, -0.2) is 9.80 Å². The number of aromatic carboxylic acids is 1. The summed E-state index contributed by atoms with van der Waals surface area (Å²) in [5.74, 6) is -0.213.